The highest BCUT2D eigenvalue weighted by molar-refractivity contribution is 5.96. The van der Waals surface area contributed by atoms with Gasteiger partial charge in [0.15, 0.2) is 0 Å². The molecule has 1 atom stereocenters. The van der Waals surface area contributed by atoms with E-state index >= 15 is 0 Å². The normalized spacial score (nSPS) is 20.3. The number of halogens is 3. The Morgan fingerprint density at radius 1 is 1.39 bits per heavy atom. The SMILES string of the molecule is NC1CC(=O)N(c2cccc(OC(F)(F)F)c2)C1. The molecule has 2 rings (SSSR count). The van der Waals surface area contributed by atoms with Gasteiger partial charge in [-0.1, -0.05) is 6.07 Å². The first-order valence-corrected chi connectivity index (χ1v) is 5.27. The maximum atomic E-state index is 12.1. The van der Waals surface area contributed by atoms with Gasteiger partial charge < -0.3 is 15.4 Å². The van der Waals surface area contributed by atoms with Gasteiger partial charge in [0.25, 0.3) is 0 Å². The zero-order valence-electron chi connectivity index (χ0n) is 9.28. The van der Waals surface area contributed by atoms with Crippen molar-refractivity contribution in [1.82, 2.24) is 0 Å². The number of amides is 1. The van der Waals surface area contributed by atoms with Crippen molar-refractivity contribution in [2.75, 3.05) is 11.4 Å². The van der Waals surface area contributed by atoms with Crippen LogP contribution in [0.15, 0.2) is 24.3 Å². The van der Waals surface area contributed by atoms with Crippen LogP contribution in [0, 0.1) is 0 Å². The van der Waals surface area contributed by atoms with E-state index in [0.717, 1.165) is 0 Å². The monoisotopic (exact) mass is 260 g/mol. The maximum Gasteiger partial charge on any atom is 0.573 e. The lowest BCUT2D eigenvalue weighted by molar-refractivity contribution is -0.274. The van der Waals surface area contributed by atoms with Gasteiger partial charge in [-0.3, -0.25) is 4.79 Å². The summed E-state index contributed by atoms with van der Waals surface area (Å²) in [6.07, 6.45) is -4.55. The van der Waals surface area contributed by atoms with Crippen molar-refractivity contribution in [3.05, 3.63) is 24.3 Å². The molecule has 1 heterocycles. The third kappa shape index (κ3) is 2.92. The molecular weight excluding hydrogens is 249 g/mol. The first kappa shape index (κ1) is 12.7. The molecule has 2 N–H and O–H groups in total. The number of anilines is 1. The second-order valence-electron chi connectivity index (χ2n) is 4.01. The van der Waals surface area contributed by atoms with E-state index in [0.29, 0.717) is 12.2 Å². The van der Waals surface area contributed by atoms with Crippen molar-refractivity contribution in [2.24, 2.45) is 5.73 Å². The van der Waals surface area contributed by atoms with Crippen LogP contribution < -0.4 is 15.4 Å². The lowest BCUT2D eigenvalue weighted by Crippen LogP contribution is -2.28. The van der Waals surface area contributed by atoms with Crippen molar-refractivity contribution in [1.29, 1.82) is 0 Å². The lowest BCUT2D eigenvalue weighted by Gasteiger charge is -2.17. The van der Waals surface area contributed by atoms with Crippen molar-refractivity contribution < 1.29 is 22.7 Å². The minimum Gasteiger partial charge on any atom is -0.406 e. The molecule has 0 aliphatic carbocycles. The summed E-state index contributed by atoms with van der Waals surface area (Å²) in [7, 11) is 0. The number of hydrogen-bond donors (Lipinski definition) is 1. The number of hydrogen-bond acceptors (Lipinski definition) is 3. The molecule has 0 saturated carbocycles. The van der Waals surface area contributed by atoms with Gasteiger partial charge in [-0.15, -0.1) is 13.2 Å². The van der Waals surface area contributed by atoms with E-state index in [-0.39, 0.29) is 24.1 Å². The Morgan fingerprint density at radius 3 is 2.67 bits per heavy atom. The van der Waals surface area contributed by atoms with E-state index in [1.54, 1.807) is 6.07 Å². The van der Waals surface area contributed by atoms with Gasteiger partial charge in [0.05, 0.1) is 0 Å². The zero-order chi connectivity index (χ0) is 13.3. The number of ether oxygens (including phenoxy) is 1. The average molecular weight is 260 g/mol. The van der Waals surface area contributed by atoms with Gasteiger partial charge >= 0.3 is 6.36 Å². The summed E-state index contributed by atoms with van der Waals surface area (Å²) in [5.74, 6) is -0.556. The highest BCUT2D eigenvalue weighted by Crippen LogP contribution is 2.28. The molecule has 1 aromatic carbocycles. The summed E-state index contributed by atoms with van der Waals surface area (Å²) in [5.41, 5.74) is 5.98. The van der Waals surface area contributed by atoms with Crippen LogP contribution in [-0.4, -0.2) is 24.9 Å². The number of benzene rings is 1. The molecule has 0 spiro atoms. The summed E-state index contributed by atoms with van der Waals surface area (Å²) < 4.78 is 40.0. The summed E-state index contributed by atoms with van der Waals surface area (Å²) >= 11 is 0. The minimum absolute atomic E-state index is 0.199. The van der Waals surface area contributed by atoms with Crippen LogP contribution in [0.25, 0.3) is 0 Å². The van der Waals surface area contributed by atoms with Crippen molar-refractivity contribution >= 4 is 11.6 Å². The minimum atomic E-state index is -4.75. The van der Waals surface area contributed by atoms with E-state index in [9.17, 15) is 18.0 Å². The number of nitrogens with zero attached hydrogens (tertiary/aromatic N) is 1. The lowest BCUT2D eigenvalue weighted by atomic mass is 10.3. The summed E-state index contributed by atoms with van der Waals surface area (Å²) in [5, 5.41) is 0. The zero-order valence-corrected chi connectivity index (χ0v) is 9.28. The predicted molar refractivity (Wildman–Crippen MR) is 58.1 cm³/mol. The molecule has 1 aliphatic rings. The highest BCUT2D eigenvalue weighted by atomic mass is 19.4. The molecular formula is C11H11F3N2O2. The molecule has 0 bridgehead atoms. The van der Waals surface area contributed by atoms with Crippen LogP contribution >= 0.6 is 0 Å². The molecule has 0 aromatic heterocycles. The van der Waals surface area contributed by atoms with Gasteiger partial charge in [0.2, 0.25) is 5.91 Å². The molecule has 98 valence electrons. The van der Waals surface area contributed by atoms with E-state index in [4.69, 9.17) is 5.73 Å². The quantitative estimate of drug-likeness (QED) is 0.879. The number of carbonyl (C=O) groups is 1. The van der Waals surface area contributed by atoms with E-state index in [1.807, 2.05) is 0 Å². The molecule has 1 unspecified atom stereocenters. The standard InChI is InChI=1S/C11H11F3N2O2/c12-11(13,14)18-9-3-1-2-8(5-9)16-6-7(15)4-10(16)17/h1-3,5,7H,4,6,15H2. The first-order valence-electron chi connectivity index (χ1n) is 5.27. The summed E-state index contributed by atoms with van der Waals surface area (Å²) in [6, 6.07) is 5.00. The molecule has 18 heavy (non-hydrogen) atoms. The van der Waals surface area contributed by atoms with Gasteiger partial charge in [0, 0.05) is 30.8 Å². The maximum absolute atomic E-state index is 12.1. The Bertz CT molecular complexity index is 462. The Hall–Kier alpha value is -1.76. The predicted octanol–water partition coefficient (Wildman–Crippen LogP) is 1.65. The molecule has 7 heteroatoms. The molecule has 1 fully saturated rings. The highest BCUT2D eigenvalue weighted by Gasteiger charge is 2.32. The van der Waals surface area contributed by atoms with Crippen LogP contribution in [0.3, 0.4) is 0 Å². The van der Waals surface area contributed by atoms with Crippen LogP contribution in [0.5, 0.6) is 5.75 Å². The molecule has 0 radical (unpaired) electrons. The largest absolute Gasteiger partial charge is 0.573 e. The topological polar surface area (TPSA) is 55.6 Å². The van der Waals surface area contributed by atoms with E-state index in [1.165, 1.54) is 23.1 Å². The van der Waals surface area contributed by atoms with E-state index < -0.39 is 6.36 Å². The van der Waals surface area contributed by atoms with Gasteiger partial charge in [0.1, 0.15) is 5.75 Å². The number of nitrogens with two attached hydrogens (primary N) is 1. The van der Waals surface area contributed by atoms with Gasteiger partial charge in [-0.05, 0) is 12.1 Å². The molecule has 1 amide bonds. The Balaban J connectivity index is 2.20. The average Bonchev–Trinajstić information content (AvgIpc) is 2.55. The van der Waals surface area contributed by atoms with Gasteiger partial charge in [-0.25, -0.2) is 0 Å². The third-order valence-corrected chi connectivity index (χ3v) is 2.52. The van der Waals surface area contributed by atoms with Crippen molar-refractivity contribution in [2.45, 2.75) is 18.8 Å². The number of rotatable bonds is 2. The van der Waals surface area contributed by atoms with Crippen molar-refractivity contribution in [3.63, 3.8) is 0 Å². The van der Waals surface area contributed by atoms with E-state index in [2.05, 4.69) is 4.74 Å². The Kier molecular flexibility index (Phi) is 3.16. The van der Waals surface area contributed by atoms with Crippen LogP contribution in [0.2, 0.25) is 0 Å². The first-order chi connectivity index (χ1) is 8.35. The number of alkyl halides is 3. The molecule has 1 aromatic rings. The van der Waals surface area contributed by atoms with Crippen LogP contribution in [0.1, 0.15) is 6.42 Å². The molecule has 1 saturated heterocycles. The van der Waals surface area contributed by atoms with Crippen molar-refractivity contribution in [3.8, 4) is 5.75 Å². The van der Waals surface area contributed by atoms with Crippen LogP contribution in [0.4, 0.5) is 18.9 Å². The fraction of sp³-hybridized carbons (Fsp3) is 0.364. The number of carbonyl (C=O) groups excluding carboxylic acids is 1. The molecule has 1 aliphatic heterocycles. The third-order valence-electron chi connectivity index (χ3n) is 2.52. The van der Waals surface area contributed by atoms with Crippen LogP contribution in [-0.2, 0) is 4.79 Å². The second-order valence-corrected chi connectivity index (χ2v) is 4.01. The summed E-state index contributed by atoms with van der Waals surface area (Å²) in [4.78, 5) is 12.9. The second kappa shape index (κ2) is 4.49. The fourth-order valence-corrected chi connectivity index (χ4v) is 1.83. The Morgan fingerprint density at radius 2 is 2.11 bits per heavy atom. The molecule has 4 nitrogen and oxygen atoms in total. The fourth-order valence-electron chi connectivity index (χ4n) is 1.83. The summed E-state index contributed by atoms with van der Waals surface area (Å²) in [6.45, 7) is 0.300. The van der Waals surface area contributed by atoms with Gasteiger partial charge in [-0.2, -0.15) is 0 Å². The Labute approximate surface area is 101 Å². The smallest absolute Gasteiger partial charge is 0.406 e.